The van der Waals surface area contributed by atoms with E-state index in [2.05, 4.69) is 10.1 Å². The van der Waals surface area contributed by atoms with Crippen LogP contribution < -0.4 is 0 Å². The molecule has 0 aliphatic rings. The lowest BCUT2D eigenvalue weighted by atomic mass is 10.2. The third kappa shape index (κ3) is 2.67. The molecule has 0 unspecified atom stereocenters. The molecule has 0 aliphatic carbocycles. The van der Waals surface area contributed by atoms with E-state index in [1.54, 1.807) is 0 Å². The summed E-state index contributed by atoms with van der Waals surface area (Å²) in [5.41, 5.74) is 1.69. The Balaban J connectivity index is 2.16. The first-order chi connectivity index (χ1) is 10.2. The number of hydrogen-bond acceptors (Lipinski definition) is 2. The summed E-state index contributed by atoms with van der Waals surface area (Å²) in [6, 6.07) is 15.2. The minimum atomic E-state index is 0.609. The molecule has 3 nitrogen and oxygen atoms in total. The van der Waals surface area contributed by atoms with E-state index in [9.17, 15) is 0 Å². The standard InChI is InChI=1S/C16H13Cl2N3/c1-2-21-16(12-8-4-6-10-14(12)18)19-15(20-21)11-7-3-5-9-13(11)17/h3-10H,2H2,1H3. The van der Waals surface area contributed by atoms with Crippen molar-refractivity contribution in [1.29, 1.82) is 0 Å². The molecule has 2 aromatic carbocycles. The molecule has 0 saturated heterocycles. The number of nitrogens with zero attached hydrogens (tertiary/aromatic N) is 3. The second-order valence-corrected chi connectivity index (χ2v) is 5.35. The first-order valence-electron chi connectivity index (χ1n) is 6.65. The van der Waals surface area contributed by atoms with Crippen molar-refractivity contribution in [2.24, 2.45) is 0 Å². The van der Waals surface area contributed by atoms with Gasteiger partial charge in [-0.05, 0) is 31.2 Å². The molecule has 0 spiro atoms. The van der Waals surface area contributed by atoms with Gasteiger partial charge in [0, 0.05) is 17.7 Å². The fourth-order valence-electron chi connectivity index (χ4n) is 2.16. The van der Waals surface area contributed by atoms with Crippen molar-refractivity contribution in [3.8, 4) is 22.8 Å². The molecule has 1 aromatic heterocycles. The predicted molar refractivity (Wildman–Crippen MR) is 86.6 cm³/mol. The Morgan fingerprint density at radius 1 is 0.905 bits per heavy atom. The van der Waals surface area contributed by atoms with Crippen LogP contribution in [-0.4, -0.2) is 14.8 Å². The van der Waals surface area contributed by atoms with E-state index in [0.717, 1.165) is 17.0 Å². The van der Waals surface area contributed by atoms with Crippen LogP contribution in [0.2, 0.25) is 10.0 Å². The van der Waals surface area contributed by atoms with E-state index >= 15 is 0 Å². The van der Waals surface area contributed by atoms with Crippen molar-refractivity contribution < 1.29 is 0 Å². The third-order valence-electron chi connectivity index (χ3n) is 3.20. The second-order valence-electron chi connectivity index (χ2n) is 4.53. The number of aromatic nitrogens is 3. The smallest absolute Gasteiger partial charge is 0.183 e. The molecule has 0 aliphatic heterocycles. The normalized spacial score (nSPS) is 10.8. The zero-order chi connectivity index (χ0) is 14.8. The summed E-state index contributed by atoms with van der Waals surface area (Å²) in [7, 11) is 0. The average Bonchev–Trinajstić information content (AvgIpc) is 2.92. The number of benzene rings is 2. The highest BCUT2D eigenvalue weighted by molar-refractivity contribution is 6.33. The SMILES string of the molecule is CCn1nc(-c2ccccc2Cl)nc1-c1ccccc1Cl. The van der Waals surface area contributed by atoms with E-state index in [0.29, 0.717) is 22.4 Å². The van der Waals surface area contributed by atoms with Gasteiger partial charge in [0.2, 0.25) is 0 Å². The lowest BCUT2D eigenvalue weighted by Crippen LogP contribution is -1.99. The van der Waals surface area contributed by atoms with Crippen LogP contribution in [0.4, 0.5) is 0 Å². The minimum absolute atomic E-state index is 0.609. The predicted octanol–water partition coefficient (Wildman–Crippen LogP) is 4.94. The molecule has 3 rings (SSSR count). The zero-order valence-corrected chi connectivity index (χ0v) is 12.9. The van der Waals surface area contributed by atoms with Crippen LogP contribution in [0.3, 0.4) is 0 Å². The van der Waals surface area contributed by atoms with Crippen LogP contribution in [0.5, 0.6) is 0 Å². The lowest BCUT2D eigenvalue weighted by Gasteiger charge is -2.03. The molecule has 21 heavy (non-hydrogen) atoms. The minimum Gasteiger partial charge on any atom is -0.245 e. The molecule has 1 heterocycles. The van der Waals surface area contributed by atoms with E-state index in [4.69, 9.17) is 23.2 Å². The van der Waals surface area contributed by atoms with Crippen molar-refractivity contribution in [3.05, 3.63) is 58.6 Å². The lowest BCUT2D eigenvalue weighted by molar-refractivity contribution is 0.668. The Morgan fingerprint density at radius 3 is 2.05 bits per heavy atom. The topological polar surface area (TPSA) is 30.7 Å². The number of hydrogen-bond donors (Lipinski definition) is 0. The largest absolute Gasteiger partial charge is 0.245 e. The summed E-state index contributed by atoms with van der Waals surface area (Å²) in [5.74, 6) is 1.36. The van der Waals surface area contributed by atoms with Crippen LogP contribution in [0.25, 0.3) is 22.8 Å². The molecular weight excluding hydrogens is 305 g/mol. The second kappa shape index (κ2) is 5.88. The van der Waals surface area contributed by atoms with E-state index in [-0.39, 0.29) is 0 Å². The highest BCUT2D eigenvalue weighted by Crippen LogP contribution is 2.30. The van der Waals surface area contributed by atoms with Gasteiger partial charge in [-0.25, -0.2) is 9.67 Å². The van der Waals surface area contributed by atoms with E-state index < -0.39 is 0 Å². The van der Waals surface area contributed by atoms with Crippen LogP contribution in [-0.2, 0) is 6.54 Å². The van der Waals surface area contributed by atoms with Gasteiger partial charge in [-0.1, -0.05) is 47.5 Å². The average molecular weight is 318 g/mol. The summed E-state index contributed by atoms with van der Waals surface area (Å²) in [6.07, 6.45) is 0. The Labute approximate surface area is 133 Å². The Bertz CT molecular complexity index is 781. The number of aryl methyl sites for hydroxylation is 1. The Hall–Kier alpha value is -1.84. The maximum Gasteiger partial charge on any atom is 0.183 e. The molecule has 0 saturated carbocycles. The molecular formula is C16H13Cl2N3. The van der Waals surface area contributed by atoms with Crippen LogP contribution in [0.1, 0.15) is 6.92 Å². The van der Waals surface area contributed by atoms with Crippen molar-refractivity contribution >= 4 is 23.2 Å². The fraction of sp³-hybridized carbons (Fsp3) is 0.125. The van der Waals surface area contributed by atoms with Crippen molar-refractivity contribution in [2.75, 3.05) is 0 Å². The summed E-state index contributed by atoms with van der Waals surface area (Å²) < 4.78 is 1.83. The van der Waals surface area contributed by atoms with Crippen LogP contribution in [0.15, 0.2) is 48.5 Å². The summed E-state index contributed by atoms with van der Waals surface area (Å²) in [6.45, 7) is 2.73. The van der Waals surface area contributed by atoms with Crippen molar-refractivity contribution in [1.82, 2.24) is 14.8 Å². The molecule has 0 fully saturated rings. The van der Waals surface area contributed by atoms with Gasteiger partial charge in [0.15, 0.2) is 11.6 Å². The fourth-order valence-corrected chi connectivity index (χ4v) is 2.60. The summed E-state index contributed by atoms with van der Waals surface area (Å²) in [4.78, 5) is 4.63. The van der Waals surface area contributed by atoms with Gasteiger partial charge in [-0.3, -0.25) is 0 Å². The number of halogens is 2. The van der Waals surface area contributed by atoms with E-state index in [1.165, 1.54) is 0 Å². The van der Waals surface area contributed by atoms with Gasteiger partial charge < -0.3 is 0 Å². The third-order valence-corrected chi connectivity index (χ3v) is 3.86. The Morgan fingerprint density at radius 2 is 1.48 bits per heavy atom. The quantitative estimate of drug-likeness (QED) is 0.685. The van der Waals surface area contributed by atoms with Crippen LogP contribution in [0, 0.1) is 0 Å². The number of rotatable bonds is 3. The summed E-state index contributed by atoms with van der Waals surface area (Å²) in [5, 5.41) is 5.83. The van der Waals surface area contributed by atoms with Gasteiger partial charge in [-0.2, -0.15) is 5.10 Å². The highest BCUT2D eigenvalue weighted by atomic mass is 35.5. The van der Waals surface area contributed by atoms with Crippen molar-refractivity contribution in [3.63, 3.8) is 0 Å². The highest BCUT2D eigenvalue weighted by Gasteiger charge is 2.15. The zero-order valence-electron chi connectivity index (χ0n) is 11.4. The maximum absolute atomic E-state index is 6.27. The van der Waals surface area contributed by atoms with Crippen LogP contribution >= 0.6 is 23.2 Å². The molecule has 0 amide bonds. The van der Waals surface area contributed by atoms with Gasteiger partial charge in [0.25, 0.3) is 0 Å². The molecule has 0 N–H and O–H groups in total. The molecule has 3 aromatic rings. The molecule has 0 atom stereocenters. The molecule has 106 valence electrons. The first-order valence-corrected chi connectivity index (χ1v) is 7.41. The molecule has 0 bridgehead atoms. The van der Waals surface area contributed by atoms with Gasteiger partial charge >= 0.3 is 0 Å². The maximum atomic E-state index is 6.27. The Kier molecular flexibility index (Phi) is 3.95. The molecule has 5 heteroatoms. The first kappa shape index (κ1) is 14.1. The monoisotopic (exact) mass is 317 g/mol. The molecule has 0 radical (unpaired) electrons. The van der Waals surface area contributed by atoms with Gasteiger partial charge in [-0.15, -0.1) is 0 Å². The van der Waals surface area contributed by atoms with E-state index in [1.807, 2.05) is 60.1 Å². The van der Waals surface area contributed by atoms with Gasteiger partial charge in [0.05, 0.1) is 10.0 Å². The summed E-state index contributed by atoms with van der Waals surface area (Å²) >= 11 is 12.5. The van der Waals surface area contributed by atoms with Crippen molar-refractivity contribution in [2.45, 2.75) is 13.5 Å². The van der Waals surface area contributed by atoms with Gasteiger partial charge in [0.1, 0.15) is 0 Å².